The standard InChI is InChI=1S/C16H20N2O3/c19-15(17-8-11-5-6-11)10-18-9-13-4-2-1-3-12(13)7-14(18)16(20)21/h1-4,11,14H,5-10H2,(H,17,19)(H,20,21). The van der Waals surface area contributed by atoms with E-state index in [4.69, 9.17) is 0 Å². The molecule has 1 aliphatic heterocycles. The molecule has 21 heavy (non-hydrogen) atoms. The Kier molecular flexibility index (Phi) is 3.92. The van der Waals surface area contributed by atoms with Crippen LogP contribution < -0.4 is 5.32 Å². The molecule has 1 unspecified atom stereocenters. The topological polar surface area (TPSA) is 69.6 Å². The molecule has 112 valence electrons. The number of carbonyl (C=O) groups excluding carboxylic acids is 1. The van der Waals surface area contributed by atoms with Crippen LogP contribution in [0.3, 0.4) is 0 Å². The third-order valence-electron chi connectivity index (χ3n) is 4.26. The van der Waals surface area contributed by atoms with Gasteiger partial charge in [-0.25, -0.2) is 0 Å². The van der Waals surface area contributed by atoms with Crippen molar-refractivity contribution in [2.45, 2.75) is 31.8 Å². The first-order valence-corrected chi connectivity index (χ1v) is 7.44. The van der Waals surface area contributed by atoms with Crippen molar-refractivity contribution in [2.75, 3.05) is 13.1 Å². The Labute approximate surface area is 123 Å². The van der Waals surface area contributed by atoms with Crippen LogP contribution in [0, 0.1) is 5.92 Å². The Hall–Kier alpha value is -1.88. The number of carboxylic acid groups (broad SMARTS) is 1. The number of carboxylic acids is 1. The smallest absolute Gasteiger partial charge is 0.321 e. The molecule has 1 heterocycles. The number of benzene rings is 1. The van der Waals surface area contributed by atoms with Gasteiger partial charge in [0, 0.05) is 13.1 Å². The van der Waals surface area contributed by atoms with Gasteiger partial charge in [0.2, 0.25) is 5.91 Å². The molecular weight excluding hydrogens is 268 g/mol. The number of nitrogens with zero attached hydrogens (tertiary/aromatic N) is 1. The molecule has 0 radical (unpaired) electrons. The van der Waals surface area contributed by atoms with Crippen LogP contribution in [0.5, 0.6) is 0 Å². The van der Waals surface area contributed by atoms with Crippen molar-refractivity contribution in [3.05, 3.63) is 35.4 Å². The number of hydrogen-bond acceptors (Lipinski definition) is 3. The summed E-state index contributed by atoms with van der Waals surface area (Å²) in [6.07, 6.45) is 2.84. The number of nitrogens with one attached hydrogen (secondary N) is 1. The van der Waals surface area contributed by atoms with Gasteiger partial charge in [0.1, 0.15) is 6.04 Å². The van der Waals surface area contributed by atoms with Crippen LogP contribution in [0.15, 0.2) is 24.3 Å². The monoisotopic (exact) mass is 288 g/mol. The maximum absolute atomic E-state index is 12.0. The van der Waals surface area contributed by atoms with E-state index in [1.807, 2.05) is 24.3 Å². The van der Waals surface area contributed by atoms with Gasteiger partial charge in [-0.2, -0.15) is 0 Å². The van der Waals surface area contributed by atoms with E-state index in [1.54, 1.807) is 4.90 Å². The van der Waals surface area contributed by atoms with Crippen molar-refractivity contribution in [2.24, 2.45) is 5.92 Å². The number of aliphatic carboxylic acids is 1. The minimum atomic E-state index is -0.862. The number of amides is 1. The van der Waals surface area contributed by atoms with E-state index in [0.717, 1.165) is 17.7 Å². The highest BCUT2D eigenvalue weighted by atomic mass is 16.4. The van der Waals surface area contributed by atoms with E-state index in [1.165, 1.54) is 12.8 Å². The predicted octanol–water partition coefficient (Wildman–Crippen LogP) is 1.02. The summed E-state index contributed by atoms with van der Waals surface area (Å²) in [5.74, 6) is -0.307. The SMILES string of the molecule is O=C(CN1Cc2ccccc2CC1C(=O)O)NCC1CC1. The molecular formula is C16H20N2O3. The van der Waals surface area contributed by atoms with Crippen molar-refractivity contribution in [3.8, 4) is 0 Å². The van der Waals surface area contributed by atoms with Gasteiger partial charge in [0.15, 0.2) is 0 Å². The molecule has 0 saturated heterocycles. The van der Waals surface area contributed by atoms with Crippen molar-refractivity contribution in [1.82, 2.24) is 10.2 Å². The van der Waals surface area contributed by atoms with Crippen molar-refractivity contribution in [1.29, 1.82) is 0 Å². The summed E-state index contributed by atoms with van der Waals surface area (Å²) in [4.78, 5) is 25.2. The lowest BCUT2D eigenvalue weighted by molar-refractivity contribution is -0.144. The van der Waals surface area contributed by atoms with Gasteiger partial charge in [-0.05, 0) is 36.3 Å². The van der Waals surface area contributed by atoms with Gasteiger partial charge >= 0.3 is 5.97 Å². The number of hydrogen-bond donors (Lipinski definition) is 2. The lowest BCUT2D eigenvalue weighted by Gasteiger charge is -2.33. The summed E-state index contributed by atoms with van der Waals surface area (Å²) >= 11 is 0. The first kappa shape index (κ1) is 14.1. The van der Waals surface area contributed by atoms with Crippen LogP contribution in [0.25, 0.3) is 0 Å². The maximum Gasteiger partial charge on any atom is 0.321 e. The summed E-state index contributed by atoms with van der Waals surface area (Å²) < 4.78 is 0. The molecule has 1 aromatic rings. The predicted molar refractivity (Wildman–Crippen MR) is 77.7 cm³/mol. The molecule has 1 fully saturated rings. The molecule has 1 amide bonds. The van der Waals surface area contributed by atoms with Gasteiger partial charge in [-0.1, -0.05) is 24.3 Å². The third kappa shape index (κ3) is 3.42. The molecule has 0 bridgehead atoms. The minimum Gasteiger partial charge on any atom is -0.480 e. The van der Waals surface area contributed by atoms with E-state index >= 15 is 0 Å². The van der Waals surface area contributed by atoms with E-state index in [0.29, 0.717) is 18.9 Å². The summed E-state index contributed by atoms with van der Waals surface area (Å²) in [6.45, 7) is 1.39. The third-order valence-corrected chi connectivity index (χ3v) is 4.26. The fourth-order valence-electron chi connectivity index (χ4n) is 2.81. The van der Waals surface area contributed by atoms with Crippen molar-refractivity contribution < 1.29 is 14.7 Å². The van der Waals surface area contributed by atoms with E-state index in [-0.39, 0.29) is 12.5 Å². The van der Waals surface area contributed by atoms with Crippen LogP contribution >= 0.6 is 0 Å². The molecule has 2 aliphatic rings. The molecule has 1 atom stereocenters. The Balaban J connectivity index is 1.66. The summed E-state index contributed by atoms with van der Waals surface area (Å²) in [5, 5.41) is 12.3. The molecule has 1 aliphatic carbocycles. The largest absolute Gasteiger partial charge is 0.480 e. The summed E-state index contributed by atoms with van der Waals surface area (Å²) in [6, 6.07) is 7.23. The zero-order valence-corrected chi connectivity index (χ0v) is 11.9. The van der Waals surface area contributed by atoms with Crippen LogP contribution in [0.1, 0.15) is 24.0 Å². The Morgan fingerprint density at radius 1 is 1.24 bits per heavy atom. The van der Waals surface area contributed by atoms with Crippen LogP contribution in [0.2, 0.25) is 0 Å². The van der Waals surface area contributed by atoms with Crippen molar-refractivity contribution in [3.63, 3.8) is 0 Å². The molecule has 1 aromatic carbocycles. The second-order valence-corrected chi connectivity index (χ2v) is 5.98. The van der Waals surface area contributed by atoms with Crippen LogP contribution in [-0.4, -0.2) is 41.0 Å². The number of rotatable bonds is 5. The van der Waals surface area contributed by atoms with Crippen molar-refractivity contribution >= 4 is 11.9 Å². The molecule has 0 aromatic heterocycles. The highest BCUT2D eigenvalue weighted by Crippen LogP contribution is 2.27. The van der Waals surface area contributed by atoms with Gasteiger partial charge in [-0.3, -0.25) is 14.5 Å². The average Bonchev–Trinajstić information content (AvgIpc) is 3.28. The molecule has 0 spiro atoms. The number of carbonyl (C=O) groups is 2. The molecule has 3 rings (SSSR count). The molecule has 5 heteroatoms. The minimum absolute atomic E-state index is 0.0764. The van der Waals surface area contributed by atoms with Crippen LogP contribution in [-0.2, 0) is 22.6 Å². The Morgan fingerprint density at radius 2 is 1.95 bits per heavy atom. The Bertz CT molecular complexity index is 554. The fraction of sp³-hybridized carbons (Fsp3) is 0.500. The second-order valence-electron chi connectivity index (χ2n) is 5.98. The molecule has 2 N–H and O–H groups in total. The zero-order valence-electron chi connectivity index (χ0n) is 11.9. The zero-order chi connectivity index (χ0) is 14.8. The van der Waals surface area contributed by atoms with E-state index < -0.39 is 12.0 Å². The average molecular weight is 288 g/mol. The van der Waals surface area contributed by atoms with Gasteiger partial charge in [0.05, 0.1) is 6.54 Å². The molecule has 1 saturated carbocycles. The van der Waals surface area contributed by atoms with E-state index in [2.05, 4.69) is 5.32 Å². The van der Waals surface area contributed by atoms with Gasteiger partial charge in [0.25, 0.3) is 0 Å². The highest BCUT2D eigenvalue weighted by molar-refractivity contribution is 5.80. The van der Waals surface area contributed by atoms with Crippen LogP contribution in [0.4, 0.5) is 0 Å². The van der Waals surface area contributed by atoms with Gasteiger partial charge in [-0.15, -0.1) is 0 Å². The fourth-order valence-corrected chi connectivity index (χ4v) is 2.81. The lowest BCUT2D eigenvalue weighted by atomic mass is 9.94. The van der Waals surface area contributed by atoms with Gasteiger partial charge < -0.3 is 10.4 Å². The van der Waals surface area contributed by atoms with E-state index in [9.17, 15) is 14.7 Å². The first-order valence-electron chi connectivity index (χ1n) is 7.44. The highest BCUT2D eigenvalue weighted by Gasteiger charge is 2.32. The number of fused-ring (bicyclic) bond motifs is 1. The molecule has 5 nitrogen and oxygen atoms in total. The first-order chi connectivity index (χ1) is 10.1. The lowest BCUT2D eigenvalue weighted by Crippen LogP contribution is -2.49. The second kappa shape index (κ2) is 5.85. The normalized spacial score (nSPS) is 21.6. The maximum atomic E-state index is 12.0. The summed E-state index contributed by atoms with van der Waals surface area (Å²) in [5.41, 5.74) is 2.18. The Morgan fingerprint density at radius 3 is 2.62 bits per heavy atom. The summed E-state index contributed by atoms with van der Waals surface area (Å²) in [7, 11) is 0. The quantitative estimate of drug-likeness (QED) is 0.849.